The molecule has 0 unspecified atom stereocenters. The van der Waals surface area contributed by atoms with Crippen LogP contribution in [0.3, 0.4) is 0 Å². The van der Waals surface area contributed by atoms with E-state index < -0.39 is 0 Å². The maximum atomic E-state index is 13.9. The van der Waals surface area contributed by atoms with Crippen molar-refractivity contribution in [3.05, 3.63) is 64.1 Å². The highest BCUT2D eigenvalue weighted by molar-refractivity contribution is 9.10. The molecule has 0 radical (unpaired) electrons. The maximum absolute atomic E-state index is 13.9. The predicted molar refractivity (Wildman–Crippen MR) is 121 cm³/mol. The summed E-state index contributed by atoms with van der Waals surface area (Å²) in [7, 11) is 0. The molecule has 1 aliphatic rings. The number of aromatic nitrogens is 2. The Bertz CT molecular complexity index is 987. The first-order valence-corrected chi connectivity index (χ1v) is 11.4. The number of rotatable bonds is 9. The summed E-state index contributed by atoms with van der Waals surface area (Å²) in [6.07, 6.45) is 6.19. The molecule has 29 heavy (non-hydrogen) atoms. The average Bonchev–Trinajstić information content (AvgIpc) is 3.56. The number of nitrogens with zero attached hydrogens (tertiary/aromatic N) is 3. The summed E-state index contributed by atoms with van der Waals surface area (Å²) in [5, 5.41) is 1.10. The van der Waals surface area contributed by atoms with E-state index in [0.29, 0.717) is 5.92 Å². The van der Waals surface area contributed by atoms with Crippen LogP contribution in [-0.2, 0) is 6.42 Å². The van der Waals surface area contributed by atoms with Crippen LogP contribution in [0, 0.1) is 5.82 Å². The van der Waals surface area contributed by atoms with Gasteiger partial charge in [-0.15, -0.1) is 0 Å². The molecule has 0 bridgehead atoms. The molecule has 1 fully saturated rings. The van der Waals surface area contributed by atoms with Crippen molar-refractivity contribution in [3.63, 3.8) is 0 Å². The number of unbranched alkanes of at least 4 members (excludes halogenated alkanes) is 1. The van der Waals surface area contributed by atoms with Crippen molar-refractivity contribution >= 4 is 32.7 Å². The van der Waals surface area contributed by atoms with Crippen LogP contribution in [0.1, 0.15) is 56.3 Å². The molecule has 2 aromatic carbocycles. The van der Waals surface area contributed by atoms with Gasteiger partial charge >= 0.3 is 0 Å². The second-order valence-electron chi connectivity index (χ2n) is 7.88. The third-order valence-corrected chi connectivity index (χ3v) is 5.97. The van der Waals surface area contributed by atoms with Crippen LogP contribution < -0.4 is 4.90 Å². The van der Waals surface area contributed by atoms with Gasteiger partial charge in [-0.1, -0.05) is 41.1 Å². The molecule has 152 valence electrons. The summed E-state index contributed by atoms with van der Waals surface area (Å²) in [5.41, 5.74) is 1.83. The van der Waals surface area contributed by atoms with Crippen molar-refractivity contribution in [1.82, 2.24) is 9.97 Å². The molecule has 3 nitrogen and oxygen atoms in total. The van der Waals surface area contributed by atoms with E-state index >= 15 is 0 Å². The second-order valence-corrected chi connectivity index (χ2v) is 8.79. The van der Waals surface area contributed by atoms with E-state index in [1.54, 1.807) is 12.1 Å². The highest BCUT2D eigenvalue weighted by atomic mass is 79.9. The molecule has 0 amide bonds. The quantitative estimate of drug-likeness (QED) is 0.338. The topological polar surface area (TPSA) is 29.0 Å². The molecular weight excluding hydrogens is 429 g/mol. The van der Waals surface area contributed by atoms with E-state index in [2.05, 4.69) is 39.9 Å². The van der Waals surface area contributed by atoms with E-state index in [4.69, 9.17) is 9.97 Å². The van der Waals surface area contributed by atoms with Gasteiger partial charge in [-0.25, -0.2) is 14.4 Å². The Morgan fingerprint density at radius 1 is 1.07 bits per heavy atom. The van der Waals surface area contributed by atoms with Gasteiger partial charge in [0.05, 0.1) is 5.52 Å². The van der Waals surface area contributed by atoms with E-state index in [9.17, 15) is 4.39 Å². The normalized spacial score (nSPS) is 13.8. The molecule has 5 heteroatoms. The lowest BCUT2D eigenvalue weighted by atomic mass is 10.1. The number of benzene rings is 2. The SMILES string of the molecule is CCCN(CCCCc1ccccc1F)c1nc(C2CC2)nc2ccc(Br)cc12. The van der Waals surface area contributed by atoms with Crippen molar-refractivity contribution < 1.29 is 4.39 Å². The van der Waals surface area contributed by atoms with Crippen LogP contribution in [0.15, 0.2) is 46.9 Å². The lowest BCUT2D eigenvalue weighted by molar-refractivity contribution is 0.597. The fourth-order valence-electron chi connectivity index (χ4n) is 3.78. The minimum absolute atomic E-state index is 0.0985. The van der Waals surface area contributed by atoms with Gasteiger partial charge in [-0.05, 0) is 68.4 Å². The minimum Gasteiger partial charge on any atom is -0.356 e. The van der Waals surface area contributed by atoms with Gasteiger partial charge in [0.25, 0.3) is 0 Å². The lowest BCUT2D eigenvalue weighted by Crippen LogP contribution is -2.27. The summed E-state index contributed by atoms with van der Waals surface area (Å²) < 4.78 is 14.9. The van der Waals surface area contributed by atoms with Gasteiger partial charge in [0.1, 0.15) is 17.5 Å². The molecule has 1 heterocycles. The first kappa shape index (κ1) is 20.3. The van der Waals surface area contributed by atoms with Crippen molar-refractivity contribution in [2.24, 2.45) is 0 Å². The van der Waals surface area contributed by atoms with Gasteiger partial charge in [0.15, 0.2) is 0 Å². The van der Waals surface area contributed by atoms with Gasteiger partial charge in [-0.2, -0.15) is 0 Å². The Labute approximate surface area is 180 Å². The molecular formula is C24H27BrFN3. The number of fused-ring (bicyclic) bond motifs is 1. The van der Waals surface area contributed by atoms with E-state index in [1.165, 1.54) is 12.8 Å². The zero-order chi connectivity index (χ0) is 20.2. The Morgan fingerprint density at radius 2 is 1.90 bits per heavy atom. The van der Waals surface area contributed by atoms with Gasteiger partial charge in [0, 0.05) is 28.9 Å². The Balaban J connectivity index is 1.53. The van der Waals surface area contributed by atoms with E-state index in [1.807, 2.05) is 18.2 Å². The molecule has 0 N–H and O–H groups in total. The predicted octanol–water partition coefficient (Wildman–Crippen LogP) is 6.65. The third-order valence-electron chi connectivity index (χ3n) is 5.47. The highest BCUT2D eigenvalue weighted by Crippen LogP contribution is 2.40. The largest absolute Gasteiger partial charge is 0.356 e. The lowest BCUT2D eigenvalue weighted by Gasteiger charge is -2.25. The van der Waals surface area contributed by atoms with Crippen LogP contribution in [0.2, 0.25) is 0 Å². The summed E-state index contributed by atoms with van der Waals surface area (Å²) in [6, 6.07) is 13.3. The molecule has 4 rings (SSSR count). The first-order valence-electron chi connectivity index (χ1n) is 10.6. The molecule has 0 atom stereocenters. The standard InChI is InChI=1S/C24H27BrFN3/c1-2-14-29(15-6-5-8-17-7-3-4-9-21(17)26)24-20-16-19(25)12-13-22(20)27-23(28-24)18-10-11-18/h3-4,7,9,12-13,16,18H,2,5-6,8,10-11,14-15H2,1H3. The fourth-order valence-corrected chi connectivity index (χ4v) is 4.14. The minimum atomic E-state index is -0.0985. The van der Waals surface area contributed by atoms with Crippen LogP contribution in [-0.4, -0.2) is 23.1 Å². The van der Waals surface area contributed by atoms with Crippen molar-refractivity contribution in [3.8, 4) is 0 Å². The second kappa shape index (κ2) is 9.21. The smallest absolute Gasteiger partial charge is 0.140 e. The maximum Gasteiger partial charge on any atom is 0.140 e. The first-order chi connectivity index (χ1) is 14.2. The van der Waals surface area contributed by atoms with Gasteiger partial charge in [-0.3, -0.25) is 0 Å². The van der Waals surface area contributed by atoms with Crippen LogP contribution in [0.4, 0.5) is 10.2 Å². The van der Waals surface area contributed by atoms with Crippen molar-refractivity contribution in [2.75, 3.05) is 18.0 Å². The fraction of sp³-hybridized carbons (Fsp3) is 0.417. The van der Waals surface area contributed by atoms with Crippen LogP contribution in [0.5, 0.6) is 0 Å². The monoisotopic (exact) mass is 455 g/mol. The molecule has 1 saturated carbocycles. The number of anilines is 1. The summed E-state index contributed by atoms with van der Waals surface area (Å²) in [5.74, 6) is 2.46. The van der Waals surface area contributed by atoms with Crippen LogP contribution in [0.25, 0.3) is 10.9 Å². The van der Waals surface area contributed by atoms with Gasteiger partial charge < -0.3 is 4.90 Å². The molecule has 0 saturated heterocycles. The summed E-state index contributed by atoms with van der Waals surface area (Å²) in [6.45, 7) is 4.08. The van der Waals surface area contributed by atoms with Crippen molar-refractivity contribution in [1.29, 1.82) is 0 Å². The highest BCUT2D eigenvalue weighted by Gasteiger charge is 2.28. The Hall–Kier alpha value is -2.01. The molecule has 1 aromatic heterocycles. The number of halogens is 2. The third kappa shape index (κ3) is 4.95. The van der Waals surface area contributed by atoms with Gasteiger partial charge in [0.2, 0.25) is 0 Å². The summed E-state index contributed by atoms with van der Waals surface area (Å²) >= 11 is 3.60. The van der Waals surface area contributed by atoms with E-state index in [0.717, 1.165) is 71.4 Å². The van der Waals surface area contributed by atoms with E-state index in [-0.39, 0.29) is 5.82 Å². The zero-order valence-electron chi connectivity index (χ0n) is 16.9. The number of hydrogen-bond acceptors (Lipinski definition) is 3. The average molecular weight is 456 g/mol. The molecule has 3 aromatic rings. The zero-order valence-corrected chi connectivity index (χ0v) is 18.5. The Kier molecular flexibility index (Phi) is 6.43. The Morgan fingerprint density at radius 3 is 2.66 bits per heavy atom. The number of hydrogen-bond donors (Lipinski definition) is 0. The summed E-state index contributed by atoms with van der Waals surface area (Å²) in [4.78, 5) is 12.2. The number of aryl methyl sites for hydroxylation is 1. The molecule has 0 spiro atoms. The molecule has 1 aliphatic carbocycles. The van der Waals surface area contributed by atoms with Crippen molar-refractivity contribution in [2.45, 2.75) is 51.4 Å². The van der Waals surface area contributed by atoms with Crippen LogP contribution >= 0.6 is 15.9 Å². The molecule has 0 aliphatic heterocycles.